The van der Waals surface area contributed by atoms with Crippen LogP contribution in [0.4, 0.5) is 0 Å². The van der Waals surface area contributed by atoms with E-state index in [2.05, 4.69) is 43.3 Å². The average molecular weight is 292 g/mol. The van der Waals surface area contributed by atoms with Gasteiger partial charge in [0.1, 0.15) is 0 Å². The van der Waals surface area contributed by atoms with Crippen molar-refractivity contribution in [2.75, 3.05) is 13.1 Å². The predicted molar refractivity (Wildman–Crippen MR) is 72.1 cm³/mol. The summed E-state index contributed by atoms with van der Waals surface area (Å²) in [5.74, 6) is 0.645. The highest BCUT2D eigenvalue weighted by Gasteiger charge is 2.15. The second-order valence-corrected chi connectivity index (χ2v) is 5.41. The Morgan fingerprint density at radius 3 is 2.71 bits per heavy atom. The molecule has 2 aromatic heterocycles. The maximum Gasteiger partial charge on any atom is 0.159 e. The zero-order valence-electron chi connectivity index (χ0n) is 9.49. The molecule has 0 aromatic carbocycles. The van der Waals surface area contributed by atoms with Gasteiger partial charge >= 0.3 is 0 Å². The van der Waals surface area contributed by atoms with E-state index in [9.17, 15) is 0 Å². The topological polar surface area (TPSA) is 37.8 Å². The molecule has 3 rings (SSSR count). The molecule has 0 saturated carbocycles. The van der Waals surface area contributed by atoms with Crippen molar-refractivity contribution in [1.29, 1.82) is 0 Å². The van der Waals surface area contributed by atoms with Gasteiger partial charge in [0.25, 0.3) is 0 Å². The molecule has 1 saturated heterocycles. The van der Waals surface area contributed by atoms with Gasteiger partial charge in [-0.15, -0.1) is 0 Å². The quantitative estimate of drug-likeness (QED) is 0.878. The van der Waals surface area contributed by atoms with Crippen LogP contribution in [0.3, 0.4) is 0 Å². The van der Waals surface area contributed by atoms with Crippen molar-refractivity contribution >= 4 is 27.0 Å². The van der Waals surface area contributed by atoms with Gasteiger partial charge < -0.3 is 5.32 Å². The molecule has 0 unspecified atom stereocenters. The summed E-state index contributed by atoms with van der Waals surface area (Å²) in [5.41, 5.74) is 2.17. The van der Waals surface area contributed by atoms with Gasteiger partial charge in [-0.3, -0.25) is 0 Å². The Labute approximate surface area is 109 Å². The number of nitrogens with one attached hydrogen (secondary N) is 1. The number of fused-ring (bicyclic) bond motifs is 1. The van der Waals surface area contributed by atoms with Gasteiger partial charge in [0, 0.05) is 22.3 Å². The smallest absolute Gasteiger partial charge is 0.159 e. The monoisotopic (exact) mass is 291 g/mol. The number of rotatable bonds is 1. The van der Waals surface area contributed by atoms with Crippen LogP contribution in [-0.4, -0.2) is 23.1 Å². The fourth-order valence-corrected chi connectivity index (χ4v) is 2.74. The molecule has 1 aliphatic rings. The van der Waals surface area contributed by atoms with E-state index in [-0.39, 0.29) is 0 Å². The Balaban J connectivity index is 1.99. The van der Waals surface area contributed by atoms with E-state index >= 15 is 0 Å². The summed E-state index contributed by atoms with van der Waals surface area (Å²) in [6, 6.07) is 4.32. The summed E-state index contributed by atoms with van der Waals surface area (Å²) in [4.78, 5) is 8.74. The number of nitrogens with zero attached hydrogens (tertiary/aromatic N) is 2. The molecular weight excluding hydrogens is 278 g/mol. The van der Waals surface area contributed by atoms with Crippen molar-refractivity contribution in [2.45, 2.75) is 18.8 Å². The second-order valence-electron chi connectivity index (χ2n) is 4.49. The number of aromatic nitrogens is 2. The normalized spacial score (nSPS) is 17.5. The van der Waals surface area contributed by atoms with Gasteiger partial charge in [-0.05, 0) is 65.5 Å². The lowest BCUT2D eigenvalue weighted by molar-refractivity contribution is 0.460. The van der Waals surface area contributed by atoms with Crippen LogP contribution in [0, 0.1) is 0 Å². The maximum absolute atomic E-state index is 4.45. The van der Waals surface area contributed by atoms with Crippen LogP contribution in [0.1, 0.15) is 24.3 Å². The van der Waals surface area contributed by atoms with Gasteiger partial charge in [0.15, 0.2) is 5.65 Å². The zero-order chi connectivity index (χ0) is 11.7. The highest BCUT2D eigenvalue weighted by molar-refractivity contribution is 9.10. The van der Waals surface area contributed by atoms with Crippen LogP contribution in [-0.2, 0) is 0 Å². The number of hydrogen-bond acceptors (Lipinski definition) is 3. The van der Waals surface area contributed by atoms with Crippen molar-refractivity contribution in [3.8, 4) is 0 Å². The number of hydrogen-bond donors (Lipinski definition) is 1. The van der Waals surface area contributed by atoms with Crippen LogP contribution >= 0.6 is 15.9 Å². The van der Waals surface area contributed by atoms with E-state index in [1.54, 1.807) is 6.20 Å². The molecule has 1 aliphatic heterocycles. The molecule has 17 heavy (non-hydrogen) atoms. The van der Waals surface area contributed by atoms with E-state index in [1.807, 2.05) is 6.20 Å². The van der Waals surface area contributed by atoms with E-state index in [4.69, 9.17) is 0 Å². The molecule has 1 fully saturated rings. The van der Waals surface area contributed by atoms with Crippen molar-refractivity contribution in [3.63, 3.8) is 0 Å². The van der Waals surface area contributed by atoms with Gasteiger partial charge in [0.2, 0.25) is 0 Å². The molecule has 0 aliphatic carbocycles. The SMILES string of the molecule is Brc1cnc2ncc(C3CCNCC3)cc2c1. The summed E-state index contributed by atoms with van der Waals surface area (Å²) in [7, 11) is 0. The zero-order valence-corrected chi connectivity index (χ0v) is 11.1. The fraction of sp³-hybridized carbons (Fsp3) is 0.385. The Hall–Kier alpha value is -1.00. The first kappa shape index (κ1) is 11.1. The molecule has 88 valence electrons. The first-order chi connectivity index (χ1) is 8.33. The minimum atomic E-state index is 0.645. The molecule has 0 amide bonds. The molecule has 2 aromatic rings. The first-order valence-electron chi connectivity index (χ1n) is 5.95. The van der Waals surface area contributed by atoms with Crippen molar-refractivity contribution in [1.82, 2.24) is 15.3 Å². The van der Waals surface area contributed by atoms with Crippen LogP contribution in [0.2, 0.25) is 0 Å². The van der Waals surface area contributed by atoms with Gasteiger partial charge in [-0.1, -0.05) is 0 Å². The van der Waals surface area contributed by atoms with Gasteiger partial charge in [-0.25, -0.2) is 9.97 Å². The molecule has 0 bridgehead atoms. The largest absolute Gasteiger partial charge is 0.317 e. The lowest BCUT2D eigenvalue weighted by Gasteiger charge is -2.22. The van der Waals surface area contributed by atoms with E-state index in [0.29, 0.717) is 5.92 Å². The molecular formula is C13H14BrN3. The third-order valence-electron chi connectivity index (χ3n) is 3.33. The third kappa shape index (κ3) is 2.33. The van der Waals surface area contributed by atoms with Crippen molar-refractivity contribution in [3.05, 3.63) is 34.6 Å². The minimum absolute atomic E-state index is 0.645. The standard InChI is InChI=1S/C13H14BrN3/c14-12-6-10-5-11(7-16-13(10)17-8-12)9-1-3-15-4-2-9/h5-9,15H,1-4H2. The molecule has 3 nitrogen and oxygen atoms in total. The number of halogens is 1. The first-order valence-corrected chi connectivity index (χ1v) is 6.74. The van der Waals surface area contributed by atoms with Crippen molar-refractivity contribution in [2.24, 2.45) is 0 Å². The highest BCUT2D eigenvalue weighted by atomic mass is 79.9. The lowest BCUT2D eigenvalue weighted by Crippen LogP contribution is -2.26. The van der Waals surface area contributed by atoms with E-state index < -0.39 is 0 Å². The molecule has 0 atom stereocenters. The van der Waals surface area contributed by atoms with Gasteiger partial charge in [-0.2, -0.15) is 0 Å². The van der Waals surface area contributed by atoms with Crippen molar-refractivity contribution < 1.29 is 0 Å². The minimum Gasteiger partial charge on any atom is -0.317 e. The molecule has 1 N–H and O–H groups in total. The lowest BCUT2D eigenvalue weighted by atomic mass is 9.91. The van der Waals surface area contributed by atoms with Crippen LogP contribution < -0.4 is 5.32 Å². The fourth-order valence-electron chi connectivity index (χ4n) is 2.39. The number of piperidine rings is 1. The van der Waals surface area contributed by atoms with Crippen LogP contribution in [0.25, 0.3) is 11.0 Å². The average Bonchev–Trinajstić information content (AvgIpc) is 2.39. The summed E-state index contributed by atoms with van der Waals surface area (Å²) in [5, 5.41) is 4.51. The highest BCUT2D eigenvalue weighted by Crippen LogP contribution is 2.27. The Morgan fingerprint density at radius 1 is 1.12 bits per heavy atom. The Bertz CT molecular complexity index is 535. The molecule has 3 heterocycles. The molecule has 0 spiro atoms. The van der Waals surface area contributed by atoms with Gasteiger partial charge in [0.05, 0.1) is 0 Å². The summed E-state index contributed by atoms with van der Waals surface area (Å²) in [6.45, 7) is 2.22. The summed E-state index contributed by atoms with van der Waals surface area (Å²) >= 11 is 3.45. The maximum atomic E-state index is 4.45. The third-order valence-corrected chi connectivity index (χ3v) is 3.76. The number of pyridine rings is 2. The van der Waals surface area contributed by atoms with E-state index in [0.717, 1.165) is 28.6 Å². The predicted octanol–water partition coefficient (Wildman–Crippen LogP) is 2.86. The second kappa shape index (κ2) is 4.70. The Morgan fingerprint density at radius 2 is 1.88 bits per heavy atom. The molecule has 4 heteroatoms. The molecule has 0 radical (unpaired) electrons. The summed E-state index contributed by atoms with van der Waals surface area (Å²) < 4.78 is 1.01. The summed E-state index contributed by atoms with van der Waals surface area (Å²) in [6.07, 6.45) is 6.18. The van der Waals surface area contributed by atoms with Crippen LogP contribution in [0.15, 0.2) is 29.0 Å². The van der Waals surface area contributed by atoms with E-state index in [1.165, 1.54) is 18.4 Å². The van der Waals surface area contributed by atoms with Crippen LogP contribution in [0.5, 0.6) is 0 Å². The Kier molecular flexibility index (Phi) is 3.07.